The Morgan fingerprint density at radius 1 is 1.36 bits per heavy atom. The number of nitro groups is 1. The molecule has 1 rings (SSSR count). The first kappa shape index (κ1) is 10.4. The first-order valence-corrected chi connectivity index (χ1v) is 3.60. The number of rotatable bonds is 5. The van der Waals surface area contributed by atoms with E-state index in [1.165, 1.54) is 31.4 Å². The standard InChI is InChI=1S/C7H8N2O5/c1-12-8-14-13-7-4-2-6(3-5-7)9(10)11/h2-5,8H,1H3. The van der Waals surface area contributed by atoms with Gasteiger partial charge in [-0.25, -0.2) is 0 Å². The van der Waals surface area contributed by atoms with Crippen LogP contribution < -0.4 is 10.5 Å². The van der Waals surface area contributed by atoms with Crippen molar-refractivity contribution in [1.29, 1.82) is 0 Å². The Balaban J connectivity index is 2.51. The molecule has 0 atom stereocenters. The zero-order valence-corrected chi connectivity index (χ0v) is 7.30. The van der Waals surface area contributed by atoms with E-state index < -0.39 is 4.92 Å². The summed E-state index contributed by atoms with van der Waals surface area (Å²) >= 11 is 0. The predicted molar refractivity (Wildman–Crippen MR) is 45.0 cm³/mol. The zero-order valence-electron chi connectivity index (χ0n) is 7.30. The average molecular weight is 200 g/mol. The van der Waals surface area contributed by atoms with Crippen LogP contribution in [0.15, 0.2) is 24.3 Å². The molecule has 1 aromatic rings. The van der Waals surface area contributed by atoms with Crippen molar-refractivity contribution in [2.75, 3.05) is 7.11 Å². The predicted octanol–water partition coefficient (Wildman–Crippen LogP) is 0.971. The molecule has 0 spiro atoms. The van der Waals surface area contributed by atoms with Crippen molar-refractivity contribution in [1.82, 2.24) is 5.64 Å². The molecule has 0 aromatic heterocycles. The van der Waals surface area contributed by atoms with Gasteiger partial charge in [0.25, 0.3) is 5.69 Å². The fraction of sp³-hybridized carbons (Fsp3) is 0.143. The number of nitrogens with zero attached hydrogens (tertiary/aromatic N) is 1. The van der Waals surface area contributed by atoms with Crippen LogP contribution in [0.25, 0.3) is 0 Å². The van der Waals surface area contributed by atoms with Crippen LogP contribution in [0.3, 0.4) is 0 Å². The maximum Gasteiger partial charge on any atom is 0.269 e. The van der Waals surface area contributed by atoms with Gasteiger partial charge in [0.1, 0.15) is 0 Å². The van der Waals surface area contributed by atoms with Crippen LogP contribution in [-0.4, -0.2) is 12.0 Å². The van der Waals surface area contributed by atoms with E-state index >= 15 is 0 Å². The van der Waals surface area contributed by atoms with Crippen LogP contribution in [0.5, 0.6) is 5.75 Å². The minimum absolute atomic E-state index is 0.0166. The Morgan fingerprint density at radius 3 is 2.50 bits per heavy atom. The van der Waals surface area contributed by atoms with Gasteiger partial charge in [-0.15, -0.1) is 0 Å². The smallest absolute Gasteiger partial charge is 0.269 e. The van der Waals surface area contributed by atoms with E-state index in [2.05, 4.69) is 14.7 Å². The minimum atomic E-state index is -0.502. The van der Waals surface area contributed by atoms with Crippen molar-refractivity contribution < 1.29 is 19.6 Å². The fourth-order valence-corrected chi connectivity index (χ4v) is 0.723. The molecule has 0 saturated carbocycles. The zero-order chi connectivity index (χ0) is 10.4. The molecule has 0 saturated heterocycles. The second kappa shape index (κ2) is 5.12. The minimum Gasteiger partial charge on any atom is -0.318 e. The molecular weight excluding hydrogens is 192 g/mol. The summed E-state index contributed by atoms with van der Waals surface area (Å²) in [6, 6.07) is 5.39. The highest BCUT2D eigenvalue weighted by molar-refractivity contribution is 5.35. The Kier molecular flexibility index (Phi) is 3.80. The SMILES string of the molecule is CONOOc1ccc([N+](=O)[O-])cc1. The summed E-state index contributed by atoms with van der Waals surface area (Å²) in [6.07, 6.45) is 0. The number of hydrogen-bond acceptors (Lipinski definition) is 6. The van der Waals surface area contributed by atoms with Gasteiger partial charge in [-0.3, -0.25) is 15.0 Å². The number of non-ortho nitro benzene ring substituents is 1. The van der Waals surface area contributed by atoms with Gasteiger partial charge in [-0.2, -0.15) is 0 Å². The number of nitrogens with one attached hydrogen (secondary N) is 1. The van der Waals surface area contributed by atoms with Gasteiger partial charge >= 0.3 is 0 Å². The molecule has 0 radical (unpaired) electrons. The van der Waals surface area contributed by atoms with Crippen LogP contribution in [0.1, 0.15) is 0 Å². The van der Waals surface area contributed by atoms with Crippen molar-refractivity contribution >= 4 is 5.69 Å². The molecule has 76 valence electrons. The third kappa shape index (κ3) is 2.98. The summed E-state index contributed by atoms with van der Waals surface area (Å²) in [5, 5.41) is 10.3. The highest BCUT2D eigenvalue weighted by Crippen LogP contribution is 2.16. The Bertz CT molecular complexity index is 299. The molecule has 0 aliphatic rings. The van der Waals surface area contributed by atoms with Gasteiger partial charge in [-0.05, 0) is 17.8 Å². The van der Waals surface area contributed by atoms with E-state index in [-0.39, 0.29) is 5.69 Å². The lowest BCUT2D eigenvalue weighted by Crippen LogP contribution is -2.14. The van der Waals surface area contributed by atoms with Crippen molar-refractivity contribution in [3.8, 4) is 5.75 Å². The van der Waals surface area contributed by atoms with Gasteiger partial charge in [0, 0.05) is 12.1 Å². The number of nitro benzene ring substituents is 1. The molecule has 0 aliphatic heterocycles. The third-order valence-corrected chi connectivity index (χ3v) is 1.30. The molecule has 0 fully saturated rings. The normalized spacial score (nSPS) is 9.79. The molecule has 0 heterocycles. The molecule has 1 N–H and O–H groups in total. The van der Waals surface area contributed by atoms with E-state index in [0.29, 0.717) is 5.75 Å². The molecule has 0 amide bonds. The summed E-state index contributed by atoms with van der Waals surface area (Å²) < 4.78 is 0. The van der Waals surface area contributed by atoms with Crippen molar-refractivity contribution in [2.24, 2.45) is 0 Å². The molecule has 14 heavy (non-hydrogen) atoms. The Labute approximate surface area is 79.2 Å². The van der Waals surface area contributed by atoms with Crippen LogP contribution in [0.4, 0.5) is 5.69 Å². The molecule has 7 nitrogen and oxygen atoms in total. The molecular formula is C7H8N2O5. The summed E-state index contributed by atoms with van der Waals surface area (Å²) in [5.74, 6) is 0.320. The van der Waals surface area contributed by atoms with E-state index in [9.17, 15) is 10.1 Å². The van der Waals surface area contributed by atoms with Gasteiger partial charge in [0.15, 0.2) is 5.75 Å². The average Bonchev–Trinajstić information content (AvgIpc) is 2.19. The van der Waals surface area contributed by atoms with E-state index in [1.54, 1.807) is 0 Å². The van der Waals surface area contributed by atoms with E-state index in [4.69, 9.17) is 0 Å². The van der Waals surface area contributed by atoms with E-state index in [0.717, 1.165) is 0 Å². The molecule has 7 heteroatoms. The lowest BCUT2D eigenvalue weighted by Gasteiger charge is -2.02. The van der Waals surface area contributed by atoms with Crippen molar-refractivity contribution in [3.63, 3.8) is 0 Å². The first-order valence-electron chi connectivity index (χ1n) is 3.60. The maximum atomic E-state index is 10.3. The van der Waals surface area contributed by atoms with Gasteiger partial charge in [-0.1, -0.05) is 4.99 Å². The number of benzene rings is 1. The van der Waals surface area contributed by atoms with Crippen molar-refractivity contribution in [2.45, 2.75) is 0 Å². The second-order valence-corrected chi connectivity index (χ2v) is 2.21. The van der Waals surface area contributed by atoms with Crippen LogP contribution >= 0.6 is 0 Å². The van der Waals surface area contributed by atoms with Crippen molar-refractivity contribution in [3.05, 3.63) is 34.4 Å². The number of hydrogen-bond donors (Lipinski definition) is 1. The molecule has 0 unspecified atom stereocenters. The Morgan fingerprint density at radius 2 is 2.00 bits per heavy atom. The van der Waals surface area contributed by atoms with Gasteiger partial charge in [0.05, 0.1) is 12.0 Å². The second-order valence-electron chi connectivity index (χ2n) is 2.21. The molecule has 1 aromatic carbocycles. The quantitative estimate of drug-likeness (QED) is 0.330. The summed E-state index contributed by atoms with van der Waals surface area (Å²) in [5.41, 5.74) is 1.96. The van der Waals surface area contributed by atoms with Crippen LogP contribution in [0, 0.1) is 10.1 Å². The molecule has 0 aliphatic carbocycles. The first-order chi connectivity index (χ1) is 6.74. The Hall–Kier alpha value is -1.70. The lowest BCUT2D eigenvalue weighted by atomic mass is 10.3. The summed E-state index contributed by atoms with van der Waals surface area (Å²) in [4.78, 5) is 23.0. The highest BCUT2D eigenvalue weighted by atomic mass is 17.3. The maximum absolute atomic E-state index is 10.3. The summed E-state index contributed by atoms with van der Waals surface area (Å²) in [7, 11) is 1.35. The third-order valence-electron chi connectivity index (χ3n) is 1.30. The summed E-state index contributed by atoms with van der Waals surface area (Å²) in [6.45, 7) is 0. The lowest BCUT2D eigenvalue weighted by molar-refractivity contribution is -0.385. The largest absolute Gasteiger partial charge is 0.318 e. The van der Waals surface area contributed by atoms with Crippen LogP contribution in [-0.2, 0) is 9.83 Å². The topological polar surface area (TPSA) is 82.9 Å². The van der Waals surface area contributed by atoms with Gasteiger partial charge < -0.3 is 4.89 Å². The van der Waals surface area contributed by atoms with Crippen LogP contribution in [0.2, 0.25) is 0 Å². The van der Waals surface area contributed by atoms with Gasteiger partial charge in [0.2, 0.25) is 0 Å². The highest BCUT2D eigenvalue weighted by Gasteiger charge is 2.04. The monoisotopic (exact) mass is 200 g/mol. The van der Waals surface area contributed by atoms with E-state index in [1.807, 2.05) is 5.64 Å². The molecule has 0 bridgehead atoms. The fourth-order valence-electron chi connectivity index (χ4n) is 0.723.